The van der Waals surface area contributed by atoms with Gasteiger partial charge in [0.05, 0.1) is 19.9 Å². The van der Waals surface area contributed by atoms with Crippen LogP contribution in [0.25, 0.3) is 5.69 Å². The highest BCUT2D eigenvalue weighted by molar-refractivity contribution is 5.90. The number of rotatable bonds is 6. The van der Waals surface area contributed by atoms with Crippen molar-refractivity contribution in [3.05, 3.63) is 48.0 Å². The molecule has 0 aliphatic carbocycles. The van der Waals surface area contributed by atoms with Gasteiger partial charge in [-0.3, -0.25) is 0 Å². The summed E-state index contributed by atoms with van der Waals surface area (Å²) in [5, 5.41) is 15.2. The van der Waals surface area contributed by atoms with Crippen LogP contribution < -0.4 is 19.7 Å². The lowest BCUT2D eigenvalue weighted by Gasteiger charge is -2.34. The van der Waals surface area contributed by atoms with Gasteiger partial charge in [-0.2, -0.15) is 4.68 Å². The fraction of sp³-hybridized carbons (Fsp3) is 0.364. The number of aromatic nitrogens is 4. The van der Waals surface area contributed by atoms with Crippen molar-refractivity contribution in [2.75, 3.05) is 50.6 Å². The van der Waals surface area contributed by atoms with Crippen molar-refractivity contribution in [2.45, 2.75) is 13.3 Å². The van der Waals surface area contributed by atoms with Crippen molar-refractivity contribution in [1.29, 1.82) is 0 Å². The van der Waals surface area contributed by atoms with Crippen LogP contribution in [-0.2, 0) is 6.42 Å². The lowest BCUT2D eigenvalue weighted by atomic mass is 10.1. The molecule has 3 aromatic rings. The van der Waals surface area contributed by atoms with Crippen LogP contribution in [0.4, 0.5) is 16.4 Å². The van der Waals surface area contributed by atoms with Gasteiger partial charge in [0, 0.05) is 37.9 Å². The highest BCUT2D eigenvalue weighted by Crippen LogP contribution is 2.30. The molecular weight excluding hydrogens is 410 g/mol. The van der Waals surface area contributed by atoms with Crippen molar-refractivity contribution >= 4 is 17.7 Å². The van der Waals surface area contributed by atoms with Crippen LogP contribution in [0.1, 0.15) is 12.5 Å². The van der Waals surface area contributed by atoms with E-state index in [-0.39, 0.29) is 6.03 Å². The largest absolute Gasteiger partial charge is 0.493 e. The molecule has 2 aromatic carbocycles. The number of methoxy groups -OCH3 is 2. The van der Waals surface area contributed by atoms with E-state index in [0.717, 1.165) is 12.1 Å². The average molecular weight is 438 g/mol. The zero-order valence-corrected chi connectivity index (χ0v) is 18.5. The van der Waals surface area contributed by atoms with Gasteiger partial charge in [-0.25, -0.2) is 4.79 Å². The third kappa shape index (κ3) is 4.43. The SMILES string of the molecule is CCc1cccc(-n2nnnc2N2CCN(C(=O)Nc3ccc(OC)c(OC)c3)CC2)c1. The minimum atomic E-state index is -0.160. The van der Waals surface area contributed by atoms with Gasteiger partial charge in [0.1, 0.15) is 0 Å². The topological polar surface area (TPSA) is 97.6 Å². The maximum absolute atomic E-state index is 12.8. The minimum absolute atomic E-state index is 0.160. The first kappa shape index (κ1) is 21.4. The molecule has 0 bridgehead atoms. The smallest absolute Gasteiger partial charge is 0.321 e. The number of tetrazole rings is 1. The van der Waals surface area contributed by atoms with Crippen molar-refractivity contribution in [1.82, 2.24) is 25.1 Å². The number of nitrogens with one attached hydrogen (secondary N) is 1. The quantitative estimate of drug-likeness (QED) is 0.633. The second kappa shape index (κ2) is 9.54. The van der Waals surface area contributed by atoms with Crippen LogP contribution in [0, 0.1) is 0 Å². The van der Waals surface area contributed by atoms with Crippen LogP contribution in [0.5, 0.6) is 11.5 Å². The Labute approximate surface area is 186 Å². The number of benzene rings is 2. The second-order valence-electron chi connectivity index (χ2n) is 7.39. The van der Waals surface area contributed by atoms with E-state index in [9.17, 15) is 4.79 Å². The van der Waals surface area contributed by atoms with E-state index in [4.69, 9.17) is 9.47 Å². The maximum Gasteiger partial charge on any atom is 0.321 e. The molecule has 1 fully saturated rings. The Bertz CT molecular complexity index is 1080. The highest BCUT2D eigenvalue weighted by Gasteiger charge is 2.25. The fourth-order valence-electron chi connectivity index (χ4n) is 3.68. The molecule has 1 aliphatic rings. The molecule has 1 aliphatic heterocycles. The van der Waals surface area contributed by atoms with Crippen molar-refractivity contribution in [3.63, 3.8) is 0 Å². The molecule has 0 radical (unpaired) electrons. The van der Waals surface area contributed by atoms with Gasteiger partial charge in [-0.15, -0.1) is 0 Å². The van der Waals surface area contributed by atoms with E-state index in [1.54, 1.807) is 42.0 Å². The Balaban J connectivity index is 1.40. The molecule has 0 atom stereocenters. The van der Waals surface area contributed by atoms with E-state index in [1.165, 1.54) is 5.56 Å². The number of urea groups is 1. The van der Waals surface area contributed by atoms with Crippen LogP contribution in [-0.4, -0.2) is 71.5 Å². The Morgan fingerprint density at radius 3 is 2.53 bits per heavy atom. The molecule has 168 valence electrons. The summed E-state index contributed by atoms with van der Waals surface area (Å²) in [5.74, 6) is 1.86. The zero-order valence-electron chi connectivity index (χ0n) is 18.5. The van der Waals surface area contributed by atoms with Gasteiger partial charge >= 0.3 is 6.03 Å². The molecule has 4 rings (SSSR count). The predicted octanol–water partition coefficient (Wildman–Crippen LogP) is 2.60. The predicted molar refractivity (Wildman–Crippen MR) is 121 cm³/mol. The van der Waals surface area contributed by atoms with Gasteiger partial charge < -0.3 is 24.6 Å². The lowest BCUT2D eigenvalue weighted by Crippen LogP contribution is -2.50. The number of aryl methyl sites for hydroxylation is 1. The number of ether oxygens (including phenoxy) is 2. The van der Waals surface area contributed by atoms with Gasteiger partial charge in [-0.05, 0) is 46.7 Å². The maximum atomic E-state index is 12.8. The van der Waals surface area contributed by atoms with Crippen LogP contribution >= 0.6 is 0 Å². The number of nitrogens with zero attached hydrogens (tertiary/aromatic N) is 6. The lowest BCUT2D eigenvalue weighted by molar-refractivity contribution is 0.208. The summed E-state index contributed by atoms with van der Waals surface area (Å²) in [6.45, 7) is 4.49. The highest BCUT2D eigenvalue weighted by atomic mass is 16.5. The summed E-state index contributed by atoms with van der Waals surface area (Å²) >= 11 is 0. The molecule has 0 unspecified atom stereocenters. The van der Waals surface area contributed by atoms with Gasteiger partial charge in [-0.1, -0.05) is 24.2 Å². The molecule has 2 heterocycles. The first-order valence-corrected chi connectivity index (χ1v) is 10.5. The Hall–Kier alpha value is -3.82. The third-order valence-corrected chi connectivity index (χ3v) is 5.50. The van der Waals surface area contributed by atoms with Crippen molar-refractivity contribution in [2.24, 2.45) is 0 Å². The van der Waals surface area contributed by atoms with E-state index >= 15 is 0 Å². The standard InChI is InChI=1S/C22H27N7O3/c1-4-16-6-5-7-18(14-16)29-21(24-25-26-29)27-10-12-28(13-11-27)22(30)23-17-8-9-19(31-2)20(15-17)32-3/h5-9,14-15H,4,10-13H2,1-3H3,(H,23,30). The number of carbonyl (C=O) groups excluding carboxylic acids is 1. The molecule has 1 saturated heterocycles. The van der Waals surface area contributed by atoms with E-state index in [1.807, 2.05) is 12.1 Å². The first-order chi connectivity index (χ1) is 15.6. The van der Waals surface area contributed by atoms with Gasteiger partial charge in [0.2, 0.25) is 5.95 Å². The number of hydrogen-bond acceptors (Lipinski definition) is 7. The number of anilines is 2. The van der Waals surface area contributed by atoms with Gasteiger partial charge in [0.25, 0.3) is 0 Å². The second-order valence-corrected chi connectivity index (χ2v) is 7.39. The summed E-state index contributed by atoms with van der Waals surface area (Å²) < 4.78 is 12.3. The average Bonchev–Trinajstić information content (AvgIpc) is 3.34. The molecule has 10 heteroatoms. The number of hydrogen-bond donors (Lipinski definition) is 1. The summed E-state index contributed by atoms with van der Waals surface area (Å²) in [6.07, 6.45) is 0.944. The molecule has 32 heavy (non-hydrogen) atoms. The van der Waals surface area contributed by atoms with Gasteiger partial charge in [0.15, 0.2) is 11.5 Å². The zero-order chi connectivity index (χ0) is 22.5. The summed E-state index contributed by atoms with van der Waals surface area (Å²) in [7, 11) is 3.14. The number of piperazine rings is 1. The van der Waals surface area contributed by atoms with E-state index in [2.05, 4.69) is 44.8 Å². The monoisotopic (exact) mass is 437 g/mol. The Kier molecular flexibility index (Phi) is 6.39. The van der Waals surface area contributed by atoms with Crippen molar-refractivity contribution < 1.29 is 14.3 Å². The summed E-state index contributed by atoms with van der Waals surface area (Å²) in [5.41, 5.74) is 2.80. The summed E-state index contributed by atoms with van der Waals surface area (Å²) in [6, 6.07) is 13.3. The normalized spacial score (nSPS) is 13.7. The van der Waals surface area contributed by atoms with Crippen LogP contribution in [0.2, 0.25) is 0 Å². The molecular formula is C22H27N7O3. The molecule has 1 aromatic heterocycles. The molecule has 2 amide bonds. The Morgan fingerprint density at radius 2 is 1.81 bits per heavy atom. The first-order valence-electron chi connectivity index (χ1n) is 10.5. The van der Waals surface area contributed by atoms with Crippen LogP contribution in [0.15, 0.2) is 42.5 Å². The van der Waals surface area contributed by atoms with E-state index in [0.29, 0.717) is 49.3 Å². The van der Waals surface area contributed by atoms with Crippen molar-refractivity contribution in [3.8, 4) is 17.2 Å². The number of carbonyl (C=O) groups is 1. The Morgan fingerprint density at radius 1 is 1.03 bits per heavy atom. The molecule has 1 N–H and O–H groups in total. The summed E-state index contributed by atoms with van der Waals surface area (Å²) in [4.78, 5) is 16.6. The minimum Gasteiger partial charge on any atom is -0.493 e. The molecule has 10 nitrogen and oxygen atoms in total. The molecule has 0 spiro atoms. The van der Waals surface area contributed by atoms with E-state index < -0.39 is 0 Å². The molecule has 0 saturated carbocycles. The van der Waals surface area contributed by atoms with Crippen LogP contribution in [0.3, 0.4) is 0 Å². The third-order valence-electron chi connectivity index (χ3n) is 5.50. The number of amides is 2. The fourth-order valence-corrected chi connectivity index (χ4v) is 3.68.